The summed E-state index contributed by atoms with van der Waals surface area (Å²) in [6.07, 6.45) is 14.6. The third kappa shape index (κ3) is 6.32. The molecule has 0 unspecified atom stereocenters. The predicted molar refractivity (Wildman–Crippen MR) is 105 cm³/mol. The van der Waals surface area contributed by atoms with Gasteiger partial charge >= 0.3 is 0 Å². The van der Waals surface area contributed by atoms with Crippen molar-refractivity contribution in [2.75, 3.05) is 0 Å². The Morgan fingerprint density at radius 3 is 2.04 bits per heavy atom. The van der Waals surface area contributed by atoms with Crippen molar-refractivity contribution in [3.05, 3.63) is 47.7 Å². The van der Waals surface area contributed by atoms with E-state index in [1.54, 1.807) is 0 Å². The summed E-state index contributed by atoms with van der Waals surface area (Å²) in [5.74, 6) is 0. The molecule has 3 N–H and O–H groups in total. The van der Waals surface area contributed by atoms with Gasteiger partial charge in [-0.1, -0.05) is 82.7 Å². The number of hydrogen-bond donors (Lipinski definition) is 2. The van der Waals surface area contributed by atoms with E-state index in [1.807, 2.05) is 0 Å². The molecule has 1 aromatic rings. The highest BCUT2D eigenvalue weighted by atomic mass is 15.0. The molecule has 24 heavy (non-hydrogen) atoms. The number of hydrogen-bond acceptors (Lipinski definition) is 2. The molecule has 1 aliphatic carbocycles. The topological polar surface area (TPSA) is 38.0 Å². The smallest absolute Gasteiger partial charge is 0.0579 e. The predicted octanol–water partition coefficient (Wildman–Crippen LogP) is 5.46. The number of benzene rings is 1. The quantitative estimate of drug-likeness (QED) is 0.472. The number of rotatable bonds is 13. The monoisotopic (exact) mass is 328 g/mol. The van der Waals surface area contributed by atoms with Crippen LogP contribution in [0.25, 0.3) is 0 Å². The van der Waals surface area contributed by atoms with Crippen LogP contribution in [0.1, 0.15) is 82.3 Å². The van der Waals surface area contributed by atoms with Gasteiger partial charge in [0.1, 0.15) is 0 Å². The van der Waals surface area contributed by atoms with Crippen molar-refractivity contribution in [1.29, 1.82) is 0 Å². The summed E-state index contributed by atoms with van der Waals surface area (Å²) in [5.41, 5.74) is 9.49. The minimum Gasteiger partial charge on any atom is -0.401 e. The first-order valence-corrected chi connectivity index (χ1v) is 9.94. The van der Waals surface area contributed by atoms with Gasteiger partial charge in [0.15, 0.2) is 0 Å². The molecule has 2 heteroatoms. The SMILES string of the molecule is C=C(N)C1(NCc2ccc(CCCCCCCCCC)cc2)CC1. The molecule has 1 aliphatic rings. The molecule has 0 radical (unpaired) electrons. The fourth-order valence-electron chi connectivity index (χ4n) is 3.29. The molecule has 0 aromatic heterocycles. The first kappa shape index (κ1) is 19.1. The Labute approximate surface area is 148 Å². The second-order valence-corrected chi connectivity index (χ2v) is 7.50. The standard InChI is InChI=1S/C22H36N2/c1-3-4-5-6-7-8-9-10-11-20-12-14-21(15-13-20)18-24-22(16-17-22)19(2)23/h12-15,24H,2-11,16-18,23H2,1H3. The lowest BCUT2D eigenvalue weighted by Crippen LogP contribution is -2.35. The van der Waals surface area contributed by atoms with E-state index in [0.717, 1.165) is 25.1 Å². The molecule has 2 rings (SSSR count). The van der Waals surface area contributed by atoms with Gasteiger partial charge in [-0.2, -0.15) is 0 Å². The van der Waals surface area contributed by atoms with Gasteiger partial charge in [-0.15, -0.1) is 0 Å². The first-order valence-electron chi connectivity index (χ1n) is 9.94. The van der Waals surface area contributed by atoms with Crippen LogP contribution in [0.4, 0.5) is 0 Å². The molecule has 0 atom stereocenters. The molecule has 1 saturated carbocycles. The van der Waals surface area contributed by atoms with Crippen molar-refractivity contribution >= 4 is 0 Å². The Balaban J connectivity index is 1.58. The lowest BCUT2D eigenvalue weighted by molar-refractivity contribution is 0.556. The van der Waals surface area contributed by atoms with E-state index in [0.29, 0.717) is 0 Å². The summed E-state index contributed by atoms with van der Waals surface area (Å²) in [5, 5.41) is 3.56. The van der Waals surface area contributed by atoms with Crippen LogP contribution in [0.2, 0.25) is 0 Å². The summed E-state index contributed by atoms with van der Waals surface area (Å²) in [4.78, 5) is 0. The van der Waals surface area contributed by atoms with Crippen molar-refractivity contribution in [2.24, 2.45) is 5.73 Å². The zero-order valence-electron chi connectivity index (χ0n) is 15.6. The van der Waals surface area contributed by atoms with Gasteiger partial charge in [0.05, 0.1) is 5.54 Å². The molecule has 1 aromatic carbocycles. The molecule has 0 bridgehead atoms. The molecule has 0 heterocycles. The van der Waals surface area contributed by atoms with Gasteiger partial charge in [0.2, 0.25) is 0 Å². The van der Waals surface area contributed by atoms with Crippen molar-refractivity contribution in [1.82, 2.24) is 5.32 Å². The largest absolute Gasteiger partial charge is 0.401 e. The maximum absolute atomic E-state index is 5.88. The van der Waals surface area contributed by atoms with Crippen molar-refractivity contribution in [3.63, 3.8) is 0 Å². The van der Waals surface area contributed by atoms with E-state index >= 15 is 0 Å². The van der Waals surface area contributed by atoms with Crippen LogP contribution in [0.5, 0.6) is 0 Å². The van der Waals surface area contributed by atoms with E-state index in [9.17, 15) is 0 Å². The molecule has 0 saturated heterocycles. The number of unbranched alkanes of at least 4 members (excludes halogenated alkanes) is 7. The van der Waals surface area contributed by atoms with Crippen LogP contribution in [0.15, 0.2) is 36.5 Å². The van der Waals surface area contributed by atoms with E-state index in [1.165, 1.54) is 68.9 Å². The average Bonchev–Trinajstić information content (AvgIpc) is 3.38. The van der Waals surface area contributed by atoms with Gasteiger partial charge in [-0.25, -0.2) is 0 Å². The molecular formula is C22H36N2. The Hall–Kier alpha value is -1.28. The molecule has 0 spiro atoms. The number of nitrogens with one attached hydrogen (secondary N) is 1. The summed E-state index contributed by atoms with van der Waals surface area (Å²) >= 11 is 0. The molecule has 0 amide bonds. The molecule has 134 valence electrons. The fourth-order valence-corrected chi connectivity index (χ4v) is 3.29. The van der Waals surface area contributed by atoms with Crippen LogP contribution >= 0.6 is 0 Å². The average molecular weight is 329 g/mol. The van der Waals surface area contributed by atoms with Gasteiger partial charge in [-0.3, -0.25) is 0 Å². The first-order chi connectivity index (χ1) is 11.7. The zero-order chi connectivity index (χ0) is 17.3. The Morgan fingerprint density at radius 2 is 1.50 bits per heavy atom. The summed E-state index contributed by atoms with van der Waals surface area (Å²) in [6, 6.07) is 9.08. The normalized spacial score (nSPS) is 15.4. The molecular weight excluding hydrogens is 292 g/mol. The van der Waals surface area contributed by atoms with Crippen LogP contribution in [0.3, 0.4) is 0 Å². The van der Waals surface area contributed by atoms with Crippen molar-refractivity contribution < 1.29 is 0 Å². The van der Waals surface area contributed by atoms with Crippen LogP contribution in [-0.2, 0) is 13.0 Å². The molecule has 1 fully saturated rings. The van der Waals surface area contributed by atoms with Crippen LogP contribution in [-0.4, -0.2) is 5.54 Å². The number of aryl methyl sites for hydroxylation is 1. The Kier molecular flexibility index (Phi) is 7.84. The van der Waals surface area contributed by atoms with Gasteiger partial charge in [0.25, 0.3) is 0 Å². The fraction of sp³-hybridized carbons (Fsp3) is 0.636. The maximum atomic E-state index is 5.88. The lowest BCUT2D eigenvalue weighted by atomic mass is 10.0. The summed E-state index contributed by atoms with van der Waals surface area (Å²) in [6.45, 7) is 7.06. The minimum atomic E-state index is 0.0236. The van der Waals surface area contributed by atoms with Gasteiger partial charge < -0.3 is 11.1 Å². The highest BCUT2D eigenvalue weighted by Gasteiger charge is 2.43. The second-order valence-electron chi connectivity index (χ2n) is 7.50. The second kappa shape index (κ2) is 9.88. The lowest BCUT2D eigenvalue weighted by Gasteiger charge is -2.17. The van der Waals surface area contributed by atoms with E-state index < -0.39 is 0 Å². The van der Waals surface area contributed by atoms with Gasteiger partial charge in [-0.05, 0) is 36.8 Å². The highest BCUT2D eigenvalue weighted by Crippen LogP contribution is 2.39. The summed E-state index contributed by atoms with van der Waals surface area (Å²) < 4.78 is 0. The zero-order valence-corrected chi connectivity index (χ0v) is 15.6. The molecule has 0 aliphatic heterocycles. The third-order valence-electron chi connectivity index (χ3n) is 5.34. The Bertz CT molecular complexity index is 485. The van der Waals surface area contributed by atoms with Crippen molar-refractivity contribution in [3.8, 4) is 0 Å². The van der Waals surface area contributed by atoms with Crippen LogP contribution < -0.4 is 11.1 Å². The van der Waals surface area contributed by atoms with E-state index in [2.05, 4.69) is 43.1 Å². The third-order valence-corrected chi connectivity index (χ3v) is 5.34. The van der Waals surface area contributed by atoms with Crippen molar-refractivity contribution in [2.45, 2.75) is 89.6 Å². The highest BCUT2D eigenvalue weighted by molar-refractivity contribution is 5.26. The maximum Gasteiger partial charge on any atom is 0.0579 e. The molecule has 2 nitrogen and oxygen atoms in total. The van der Waals surface area contributed by atoms with E-state index in [-0.39, 0.29) is 5.54 Å². The Morgan fingerprint density at radius 1 is 0.958 bits per heavy atom. The van der Waals surface area contributed by atoms with Gasteiger partial charge in [0, 0.05) is 12.2 Å². The minimum absolute atomic E-state index is 0.0236. The van der Waals surface area contributed by atoms with Crippen LogP contribution in [0, 0.1) is 0 Å². The number of nitrogens with two attached hydrogens (primary N) is 1. The summed E-state index contributed by atoms with van der Waals surface area (Å²) in [7, 11) is 0. The van der Waals surface area contributed by atoms with E-state index in [4.69, 9.17) is 5.73 Å².